The molecule has 1 aliphatic heterocycles. The molecule has 0 aromatic carbocycles. The Morgan fingerprint density at radius 2 is 1.10 bits per heavy atom. The van der Waals surface area contributed by atoms with Crippen molar-refractivity contribution in [3.8, 4) is 0 Å². The number of likely N-dealkylation sites (tertiary alicyclic amines) is 1. The maximum absolute atomic E-state index is 12.9. The molecule has 4 heteroatoms. The van der Waals surface area contributed by atoms with Gasteiger partial charge in [-0.2, -0.15) is 0 Å². The normalized spacial score (nSPS) is 22.9. The number of hydrogen-bond donors (Lipinski definition) is 1. The SMILES string of the molecule is CC(C)(O)C(C)(C)C(C)(C)N1C(=O)C(C)(C)C(C)(C)C1=O. The highest BCUT2D eigenvalue weighted by atomic mass is 16.3. The van der Waals surface area contributed by atoms with Gasteiger partial charge in [-0.15, -0.1) is 0 Å². The number of carbonyl (C=O) groups excluding carboxylic acids is 2. The number of rotatable bonds is 3. The van der Waals surface area contributed by atoms with Crippen LogP contribution >= 0.6 is 0 Å². The van der Waals surface area contributed by atoms with Gasteiger partial charge < -0.3 is 5.11 Å². The van der Waals surface area contributed by atoms with Gasteiger partial charge in [-0.25, -0.2) is 0 Å². The van der Waals surface area contributed by atoms with Crippen LogP contribution in [-0.2, 0) is 9.59 Å². The molecular formula is C17H31NO3. The molecule has 1 saturated heterocycles. The third kappa shape index (κ3) is 2.06. The van der Waals surface area contributed by atoms with Crippen molar-refractivity contribution in [2.45, 2.75) is 80.4 Å². The molecule has 0 atom stereocenters. The number of nitrogens with zero attached hydrogens (tertiary/aromatic N) is 1. The first kappa shape index (κ1) is 18.1. The predicted molar refractivity (Wildman–Crippen MR) is 83.6 cm³/mol. The van der Waals surface area contributed by atoms with E-state index in [2.05, 4.69) is 0 Å². The molecule has 1 fully saturated rings. The van der Waals surface area contributed by atoms with Crippen LogP contribution in [0.2, 0.25) is 0 Å². The lowest BCUT2D eigenvalue weighted by Gasteiger charge is -2.52. The molecule has 0 saturated carbocycles. The second-order valence-corrected chi connectivity index (χ2v) is 8.94. The first-order chi connectivity index (χ1) is 8.94. The van der Waals surface area contributed by atoms with Gasteiger partial charge in [-0.1, -0.05) is 13.8 Å². The fourth-order valence-electron chi connectivity index (χ4n) is 2.72. The Morgan fingerprint density at radius 3 is 1.33 bits per heavy atom. The van der Waals surface area contributed by atoms with Crippen molar-refractivity contribution in [1.82, 2.24) is 4.90 Å². The molecule has 0 bridgehead atoms. The summed E-state index contributed by atoms with van der Waals surface area (Å²) in [6.07, 6.45) is 0. The fourth-order valence-corrected chi connectivity index (χ4v) is 2.72. The van der Waals surface area contributed by atoms with E-state index < -0.39 is 27.4 Å². The summed E-state index contributed by atoms with van der Waals surface area (Å²) in [4.78, 5) is 27.2. The molecule has 0 radical (unpaired) electrons. The smallest absolute Gasteiger partial charge is 0.236 e. The van der Waals surface area contributed by atoms with E-state index in [0.717, 1.165) is 0 Å². The third-order valence-electron chi connectivity index (χ3n) is 6.66. The maximum atomic E-state index is 12.9. The molecule has 0 aromatic heterocycles. The molecule has 1 heterocycles. The standard InChI is InChI=1S/C17H31NO3/c1-13(2)11(19)18(12(20)14(13,3)4)16(7,8)15(5,6)17(9,10)21/h21H,1-10H3. The number of amides is 2. The average molecular weight is 297 g/mol. The first-order valence-electron chi connectivity index (χ1n) is 7.55. The minimum atomic E-state index is -1.03. The average Bonchev–Trinajstić information content (AvgIpc) is 2.36. The van der Waals surface area contributed by atoms with Gasteiger partial charge in [0.1, 0.15) is 0 Å². The molecule has 1 N–H and O–H groups in total. The number of carbonyl (C=O) groups is 2. The molecule has 122 valence electrons. The fraction of sp³-hybridized carbons (Fsp3) is 0.882. The second-order valence-electron chi connectivity index (χ2n) is 8.94. The van der Waals surface area contributed by atoms with Crippen molar-refractivity contribution in [2.75, 3.05) is 0 Å². The number of hydrogen-bond acceptors (Lipinski definition) is 3. The van der Waals surface area contributed by atoms with Crippen molar-refractivity contribution in [3.05, 3.63) is 0 Å². The van der Waals surface area contributed by atoms with E-state index in [1.54, 1.807) is 13.8 Å². The van der Waals surface area contributed by atoms with Gasteiger partial charge in [-0.05, 0) is 55.4 Å². The Bertz CT molecular complexity index is 453. The van der Waals surface area contributed by atoms with Crippen LogP contribution in [0.15, 0.2) is 0 Å². The lowest BCUT2D eigenvalue weighted by Crippen LogP contribution is -2.63. The van der Waals surface area contributed by atoms with E-state index in [0.29, 0.717) is 0 Å². The molecule has 0 unspecified atom stereocenters. The summed E-state index contributed by atoms with van der Waals surface area (Å²) in [7, 11) is 0. The quantitative estimate of drug-likeness (QED) is 0.815. The van der Waals surface area contributed by atoms with E-state index in [4.69, 9.17) is 0 Å². The van der Waals surface area contributed by atoms with Crippen LogP contribution in [0.4, 0.5) is 0 Å². The molecule has 21 heavy (non-hydrogen) atoms. The Labute approximate surface area is 128 Å². The molecule has 0 spiro atoms. The van der Waals surface area contributed by atoms with Crippen LogP contribution in [-0.4, -0.2) is 33.0 Å². The predicted octanol–water partition coefficient (Wildman–Crippen LogP) is 2.98. The Balaban J connectivity index is 3.48. The van der Waals surface area contributed by atoms with Crippen molar-refractivity contribution in [2.24, 2.45) is 16.2 Å². The Morgan fingerprint density at radius 1 is 0.810 bits per heavy atom. The maximum Gasteiger partial charge on any atom is 0.236 e. The molecule has 0 aromatic rings. The first-order valence-corrected chi connectivity index (χ1v) is 7.55. The highest BCUT2D eigenvalue weighted by Crippen LogP contribution is 2.54. The van der Waals surface area contributed by atoms with Gasteiger partial charge >= 0.3 is 0 Å². The summed E-state index contributed by atoms with van der Waals surface area (Å²) >= 11 is 0. The van der Waals surface area contributed by atoms with Gasteiger partial charge in [0.25, 0.3) is 0 Å². The molecule has 4 nitrogen and oxygen atoms in total. The largest absolute Gasteiger partial charge is 0.390 e. The van der Waals surface area contributed by atoms with Crippen molar-refractivity contribution in [1.29, 1.82) is 0 Å². The molecule has 0 aliphatic carbocycles. The van der Waals surface area contributed by atoms with Crippen LogP contribution in [0, 0.1) is 16.2 Å². The summed E-state index contributed by atoms with van der Waals surface area (Å²) in [5.74, 6) is -0.334. The summed E-state index contributed by atoms with van der Waals surface area (Å²) < 4.78 is 0. The minimum absolute atomic E-state index is 0.167. The zero-order valence-electron chi connectivity index (χ0n) is 15.2. The molecule has 1 rings (SSSR count). The van der Waals surface area contributed by atoms with Gasteiger partial charge in [0, 0.05) is 5.41 Å². The Kier molecular flexibility index (Phi) is 3.73. The number of aliphatic hydroxyl groups is 1. The third-order valence-corrected chi connectivity index (χ3v) is 6.66. The summed E-state index contributed by atoms with van der Waals surface area (Å²) in [6, 6.07) is 0. The highest BCUT2D eigenvalue weighted by Gasteiger charge is 2.65. The minimum Gasteiger partial charge on any atom is -0.390 e. The topological polar surface area (TPSA) is 57.6 Å². The van der Waals surface area contributed by atoms with Crippen LogP contribution in [0.25, 0.3) is 0 Å². The van der Waals surface area contributed by atoms with Crippen molar-refractivity contribution < 1.29 is 14.7 Å². The number of imide groups is 1. The van der Waals surface area contributed by atoms with E-state index >= 15 is 0 Å². The van der Waals surface area contributed by atoms with Gasteiger partial charge in [0.05, 0.1) is 22.0 Å². The van der Waals surface area contributed by atoms with Crippen LogP contribution < -0.4 is 0 Å². The van der Waals surface area contributed by atoms with Crippen LogP contribution in [0.3, 0.4) is 0 Å². The van der Waals surface area contributed by atoms with Crippen LogP contribution in [0.5, 0.6) is 0 Å². The van der Waals surface area contributed by atoms with Gasteiger partial charge in [0.2, 0.25) is 11.8 Å². The zero-order chi connectivity index (χ0) is 17.2. The summed E-state index contributed by atoms with van der Waals surface area (Å²) in [5.41, 5.74) is -4.01. The zero-order valence-corrected chi connectivity index (χ0v) is 15.2. The lowest BCUT2D eigenvalue weighted by molar-refractivity contribution is -0.164. The van der Waals surface area contributed by atoms with E-state index in [-0.39, 0.29) is 11.8 Å². The van der Waals surface area contributed by atoms with Crippen molar-refractivity contribution in [3.63, 3.8) is 0 Å². The summed E-state index contributed by atoms with van der Waals surface area (Å²) in [6.45, 7) is 18.2. The van der Waals surface area contributed by atoms with E-state index in [9.17, 15) is 14.7 Å². The lowest BCUT2D eigenvalue weighted by atomic mass is 9.64. The molecule has 1 aliphatic rings. The highest BCUT2D eigenvalue weighted by molar-refractivity contribution is 6.09. The van der Waals surface area contributed by atoms with Gasteiger partial charge in [0.15, 0.2) is 0 Å². The summed E-state index contributed by atoms with van der Waals surface area (Å²) in [5, 5.41) is 10.5. The monoisotopic (exact) mass is 297 g/mol. The second kappa shape index (κ2) is 4.31. The molecule has 2 amide bonds. The molecular weight excluding hydrogens is 266 g/mol. The van der Waals surface area contributed by atoms with Crippen molar-refractivity contribution >= 4 is 11.8 Å². The van der Waals surface area contributed by atoms with Crippen LogP contribution in [0.1, 0.15) is 69.2 Å². The van der Waals surface area contributed by atoms with E-state index in [1.165, 1.54) is 4.90 Å². The van der Waals surface area contributed by atoms with E-state index in [1.807, 2.05) is 55.4 Å². The van der Waals surface area contributed by atoms with Gasteiger partial charge in [-0.3, -0.25) is 14.5 Å². The Hall–Kier alpha value is -0.900.